The highest BCUT2D eigenvalue weighted by Crippen LogP contribution is 2.22. The lowest BCUT2D eigenvalue weighted by atomic mass is 10.1. The fraction of sp³-hybridized carbons (Fsp3) is 0.304. The second-order valence-electron chi connectivity index (χ2n) is 7.32. The standard InChI is InChI=1S/C23H27N5/c1-18-9-3-2-8-14-24-22(26-18)16-28(20-11-5-6-12-20)17-23-25-15-19-10-4-7-13-21(19)27-23/h2-10,13-14,20H,11-12,15-17H2,1H3,(H,24,26)(H,25,27). The van der Waals surface area contributed by atoms with Crippen molar-refractivity contribution in [3.05, 3.63) is 84.0 Å². The van der Waals surface area contributed by atoms with Crippen LogP contribution in [0.3, 0.4) is 0 Å². The topological polar surface area (TPSA) is 56.3 Å². The van der Waals surface area contributed by atoms with Gasteiger partial charge >= 0.3 is 0 Å². The molecular weight excluding hydrogens is 346 g/mol. The van der Waals surface area contributed by atoms with Crippen molar-refractivity contribution in [2.45, 2.75) is 38.9 Å². The Morgan fingerprint density at radius 1 is 1.00 bits per heavy atom. The largest absolute Gasteiger partial charge is 0.346 e. The number of aromatic nitrogens is 2. The summed E-state index contributed by atoms with van der Waals surface area (Å²) in [6.07, 6.45) is 8.54. The molecule has 2 N–H and O–H groups in total. The van der Waals surface area contributed by atoms with Gasteiger partial charge in [-0.05, 0) is 43.5 Å². The molecule has 0 spiro atoms. The van der Waals surface area contributed by atoms with Crippen molar-refractivity contribution in [2.75, 3.05) is 11.9 Å². The molecule has 5 nitrogen and oxygen atoms in total. The SMILES string of the molecule is Cc1cccccnc(CN(CC2=NCc3ccccc3N2)C2CC=CC2)[nH]1. The molecule has 4 rings (SSSR count). The Hall–Kier alpha value is -2.92. The van der Waals surface area contributed by atoms with Crippen LogP contribution in [0.4, 0.5) is 5.69 Å². The first kappa shape index (κ1) is 18.4. The number of H-pyrrole nitrogens is 1. The van der Waals surface area contributed by atoms with Crippen molar-refractivity contribution in [3.63, 3.8) is 0 Å². The van der Waals surface area contributed by atoms with E-state index >= 15 is 0 Å². The van der Waals surface area contributed by atoms with Gasteiger partial charge in [0.15, 0.2) is 0 Å². The Kier molecular flexibility index (Phi) is 5.83. The van der Waals surface area contributed by atoms with Gasteiger partial charge in [-0.25, -0.2) is 4.98 Å². The average Bonchev–Trinajstić information content (AvgIpc) is 3.26. The first-order chi connectivity index (χ1) is 13.8. The van der Waals surface area contributed by atoms with Crippen LogP contribution in [0.5, 0.6) is 0 Å². The molecule has 2 aliphatic rings. The van der Waals surface area contributed by atoms with E-state index in [9.17, 15) is 0 Å². The summed E-state index contributed by atoms with van der Waals surface area (Å²) >= 11 is 0. The summed E-state index contributed by atoms with van der Waals surface area (Å²) in [5.74, 6) is 1.98. The summed E-state index contributed by atoms with van der Waals surface area (Å²) in [6, 6.07) is 16.9. The number of aliphatic imine (C=N–C) groups is 1. The zero-order valence-electron chi connectivity index (χ0n) is 16.3. The van der Waals surface area contributed by atoms with Crippen molar-refractivity contribution in [2.24, 2.45) is 4.99 Å². The van der Waals surface area contributed by atoms with Gasteiger partial charge in [0, 0.05) is 23.6 Å². The third-order valence-corrected chi connectivity index (χ3v) is 5.17. The number of nitrogens with zero attached hydrogens (tertiary/aromatic N) is 3. The number of amidine groups is 1. The Morgan fingerprint density at radius 2 is 1.82 bits per heavy atom. The number of fused-ring (bicyclic) bond motifs is 1. The predicted molar refractivity (Wildman–Crippen MR) is 115 cm³/mol. The summed E-state index contributed by atoms with van der Waals surface area (Å²) in [5.41, 5.74) is 3.51. The van der Waals surface area contributed by atoms with Gasteiger partial charge in [0.2, 0.25) is 0 Å². The van der Waals surface area contributed by atoms with Crippen LogP contribution in [0.25, 0.3) is 0 Å². The van der Waals surface area contributed by atoms with E-state index in [1.807, 2.05) is 24.4 Å². The smallest absolute Gasteiger partial charge is 0.120 e. The van der Waals surface area contributed by atoms with Gasteiger partial charge in [-0.2, -0.15) is 0 Å². The quantitative estimate of drug-likeness (QED) is 0.765. The summed E-state index contributed by atoms with van der Waals surface area (Å²) in [6.45, 7) is 4.34. The van der Waals surface area contributed by atoms with Crippen LogP contribution in [0.1, 0.15) is 29.9 Å². The highest BCUT2D eigenvalue weighted by atomic mass is 15.2. The minimum Gasteiger partial charge on any atom is -0.346 e. The predicted octanol–water partition coefficient (Wildman–Crippen LogP) is 4.39. The monoisotopic (exact) mass is 373 g/mol. The number of hydrogen-bond donors (Lipinski definition) is 2. The number of nitrogens with one attached hydrogen (secondary N) is 2. The number of para-hydroxylation sites is 1. The number of anilines is 1. The second-order valence-corrected chi connectivity index (χ2v) is 7.32. The van der Waals surface area contributed by atoms with E-state index in [0.29, 0.717) is 6.04 Å². The molecule has 144 valence electrons. The van der Waals surface area contributed by atoms with Gasteiger partial charge in [0.05, 0.1) is 19.6 Å². The van der Waals surface area contributed by atoms with E-state index < -0.39 is 0 Å². The molecule has 0 bridgehead atoms. The Labute approximate surface area is 166 Å². The number of hydrogen-bond acceptors (Lipinski definition) is 4. The summed E-state index contributed by atoms with van der Waals surface area (Å²) in [5, 5.41) is 3.52. The first-order valence-electron chi connectivity index (χ1n) is 9.89. The van der Waals surface area contributed by atoms with E-state index in [1.165, 1.54) is 11.3 Å². The van der Waals surface area contributed by atoms with Crippen molar-refractivity contribution >= 4 is 11.5 Å². The zero-order chi connectivity index (χ0) is 19.2. The molecule has 0 radical (unpaired) electrons. The van der Waals surface area contributed by atoms with E-state index in [-0.39, 0.29) is 0 Å². The molecule has 1 aliphatic heterocycles. The van der Waals surface area contributed by atoms with Crippen molar-refractivity contribution in [3.8, 4) is 0 Å². The molecule has 1 aliphatic carbocycles. The van der Waals surface area contributed by atoms with E-state index in [1.54, 1.807) is 0 Å². The molecule has 0 amide bonds. The number of rotatable bonds is 5. The number of benzene rings is 1. The van der Waals surface area contributed by atoms with Gasteiger partial charge in [-0.3, -0.25) is 9.89 Å². The van der Waals surface area contributed by atoms with Crippen molar-refractivity contribution in [1.29, 1.82) is 0 Å². The van der Waals surface area contributed by atoms with E-state index in [2.05, 4.69) is 69.6 Å². The highest BCUT2D eigenvalue weighted by Gasteiger charge is 2.23. The zero-order valence-corrected chi connectivity index (χ0v) is 16.3. The van der Waals surface area contributed by atoms with Crippen molar-refractivity contribution < 1.29 is 0 Å². The van der Waals surface area contributed by atoms with Crippen LogP contribution in [-0.2, 0) is 13.1 Å². The summed E-state index contributed by atoms with van der Waals surface area (Å²) < 4.78 is 0. The van der Waals surface area contributed by atoms with Crippen LogP contribution >= 0.6 is 0 Å². The Bertz CT molecular complexity index is 918. The highest BCUT2D eigenvalue weighted by molar-refractivity contribution is 5.98. The fourth-order valence-electron chi connectivity index (χ4n) is 3.67. The molecular formula is C23H27N5. The lowest BCUT2D eigenvalue weighted by Crippen LogP contribution is -2.40. The van der Waals surface area contributed by atoms with Gasteiger partial charge < -0.3 is 10.3 Å². The molecule has 1 aromatic carbocycles. The molecule has 0 saturated carbocycles. The van der Waals surface area contributed by atoms with E-state index in [4.69, 9.17) is 4.99 Å². The molecule has 2 heterocycles. The fourth-order valence-corrected chi connectivity index (χ4v) is 3.67. The second kappa shape index (κ2) is 8.85. The van der Waals surface area contributed by atoms with Crippen LogP contribution in [0, 0.1) is 6.92 Å². The lowest BCUT2D eigenvalue weighted by molar-refractivity contribution is 0.218. The molecule has 0 saturated heterocycles. The molecule has 0 atom stereocenters. The Balaban J connectivity index is 1.55. The minimum absolute atomic E-state index is 0.477. The minimum atomic E-state index is 0.477. The van der Waals surface area contributed by atoms with Crippen LogP contribution in [-0.4, -0.2) is 33.3 Å². The van der Waals surface area contributed by atoms with Gasteiger partial charge in [0.1, 0.15) is 11.7 Å². The van der Waals surface area contributed by atoms with E-state index in [0.717, 1.165) is 49.8 Å². The third kappa shape index (κ3) is 4.67. The van der Waals surface area contributed by atoms with Crippen LogP contribution < -0.4 is 5.32 Å². The third-order valence-electron chi connectivity index (χ3n) is 5.17. The lowest BCUT2D eigenvalue weighted by Gasteiger charge is -2.30. The molecule has 5 heteroatoms. The van der Waals surface area contributed by atoms with Crippen LogP contribution in [0.15, 0.2) is 71.9 Å². The normalized spacial score (nSPS) is 15.7. The maximum absolute atomic E-state index is 4.79. The van der Waals surface area contributed by atoms with Crippen LogP contribution in [0.2, 0.25) is 0 Å². The number of aromatic amines is 1. The summed E-state index contributed by atoms with van der Waals surface area (Å²) in [7, 11) is 0. The van der Waals surface area contributed by atoms with Crippen molar-refractivity contribution in [1.82, 2.24) is 14.9 Å². The molecule has 0 unspecified atom stereocenters. The van der Waals surface area contributed by atoms with Gasteiger partial charge in [-0.15, -0.1) is 0 Å². The summed E-state index contributed by atoms with van der Waals surface area (Å²) in [4.78, 5) is 15.4. The maximum atomic E-state index is 4.79. The maximum Gasteiger partial charge on any atom is 0.120 e. The first-order valence-corrected chi connectivity index (χ1v) is 9.89. The number of aryl methyl sites for hydroxylation is 1. The molecule has 2 aromatic rings. The average molecular weight is 374 g/mol. The Morgan fingerprint density at radius 3 is 2.71 bits per heavy atom. The molecule has 28 heavy (non-hydrogen) atoms. The molecule has 1 aromatic heterocycles. The molecule has 0 fully saturated rings. The van der Waals surface area contributed by atoms with Gasteiger partial charge in [-0.1, -0.05) is 42.5 Å². The van der Waals surface area contributed by atoms with Gasteiger partial charge in [0.25, 0.3) is 0 Å².